The first kappa shape index (κ1) is 17.7. The minimum Gasteiger partial charge on any atom is -0.456 e. The van der Waals surface area contributed by atoms with Crippen LogP contribution < -0.4 is 5.32 Å². The molecule has 0 aromatic carbocycles. The van der Waals surface area contributed by atoms with Gasteiger partial charge in [-0.1, -0.05) is 13.2 Å². The van der Waals surface area contributed by atoms with Gasteiger partial charge in [-0.2, -0.15) is 0 Å². The SMILES string of the molecule is C=C(C)C(=O)OCC(NC(=O)OCC)OC(=O)C(=C)C. The Balaban J connectivity index is 4.57. The molecular weight excluding hydrogens is 266 g/mol. The molecule has 0 spiro atoms. The molecule has 0 saturated carbocycles. The lowest BCUT2D eigenvalue weighted by Gasteiger charge is -2.18. The van der Waals surface area contributed by atoms with Crippen LogP contribution in [0.4, 0.5) is 4.79 Å². The van der Waals surface area contributed by atoms with E-state index in [9.17, 15) is 14.4 Å². The van der Waals surface area contributed by atoms with Crippen molar-refractivity contribution >= 4 is 18.0 Å². The number of hydrogen-bond acceptors (Lipinski definition) is 6. The van der Waals surface area contributed by atoms with Gasteiger partial charge >= 0.3 is 18.0 Å². The molecule has 112 valence electrons. The maximum atomic E-state index is 11.4. The van der Waals surface area contributed by atoms with Gasteiger partial charge in [0.15, 0.2) is 0 Å². The van der Waals surface area contributed by atoms with Crippen LogP contribution in [0.25, 0.3) is 0 Å². The second kappa shape index (κ2) is 8.73. The third-order valence-corrected chi connectivity index (χ3v) is 1.87. The molecule has 7 heteroatoms. The van der Waals surface area contributed by atoms with E-state index in [0.717, 1.165) is 0 Å². The lowest BCUT2D eigenvalue weighted by molar-refractivity contribution is -0.155. The highest BCUT2D eigenvalue weighted by atomic mass is 16.6. The summed E-state index contributed by atoms with van der Waals surface area (Å²) in [6.07, 6.45) is -1.96. The van der Waals surface area contributed by atoms with Crippen LogP contribution in [0, 0.1) is 0 Å². The first-order valence-corrected chi connectivity index (χ1v) is 5.90. The van der Waals surface area contributed by atoms with Crippen molar-refractivity contribution in [3.63, 3.8) is 0 Å². The van der Waals surface area contributed by atoms with Crippen molar-refractivity contribution in [1.29, 1.82) is 0 Å². The van der Waals surface area contributed by atoms with Crippen LogP contribution in [0.1, 0.15) is 20.8 Å². The van der Waals surface area contributed by atoms with E-state index >= 15 is 0 Å². The van der Waals surface area contributed by atoms with Crippen molar-refractivity contribution in [2.45, 2.75) is 27.0 Å². The molecule has 1 N–H and O–H groups in total. The number of esters is 2. The number of carbonyl (C=O) groups is 3. The summed E-state index contributed by atoms with van der Waals surface area (Å²) in [6.45, 7) is 11.1. The van der Waals surface area contributed by atoms with Crippen LogP contribution in [0.3, 0.4) is 0 Å². The van der Waals surface area contributed by atoms with Gasteiger partial charge in [0.05, 0.1) is 6.61 Å². The van der Waals surface area contributed by atoms with E-state index in [-0.39, 0.29) is 24.4 Å². The standard InChI is InChI=1S/C13H19NO6/c1-6-18-13(17)14-10(20-12(16)9(4)5)7-19-11(15)8(2)3/h10H,2,4,6-7H2,1,3,5H3,(H,14,17). The molecule has 0 aromatic heterocycles. The summed E-state index contributed by atoms with van der Waals surface area (Å²) in [5.41, 5.74) is 0.331. The van der Waals surface area contributed by atoms with Crippen LogP contribution in [0.2, 0.25) is 0 Å². The third kappa shape index (κ3) is 7.20. The van der Waals surface area contributed by atoms with Gasteiger partial charge in [0, 0.05) is 11.1 Å². The van der Waals surface area contributed by atoms with Crippen molar-refractivity contribution in [2.24, 2.45) is 0 Å². The van der Waals surface area contributed by atoms with E-state index in [2.05, 4.69) is 23.2 Å². The van der Waals surface area contributed by atoms with E-state index in [0.29, 0.717) is 0 Å². The van der Waals surface area contributed by atoms with Crippen molar-refractivity contribution in [1.82, 2.24) is 5.32 Å². The highest BCUT2D eigenvalue weighted by Crippen LogP contribution is 2.00. The molecule has 1 unspecified atom stereocenters. The molecule has 1 atom stereocenters. The van der Waals surface area contributed by atoms with Gasteiger partial charge in [-0.25, -0.2) is 14.4 Å². The van der Waals surface area contributed by atoms with Gasteiger partial charge in [0.1, 0.15) is 6.61 Å². The number of hydrogen-bond donors (Lipinski definition) is 1. The molecule has 0 aromatic rings. The molecular formula is C13H19NO6. The largest absolute Gasteiger partial charge is 0.456 e. The zero-order valence-electron chi connectivity index (χ0n) is 11.9. The molecule has 20 heavy (non-hydrogen) atoms. The molecule has 7 nitrogen and oxygen atoms in total. The molecule has 0 bridgehead atoms. The first-order valence-electron chi connectivity index (χ1n) is 5.90. The third-order valence-electron chi connectivity index (χ3n) is 1.87. The van der Waals surface area contributed by atoms with Gasteiger partial charge in [0.25, 0.3) is 0 Å². The first-order chi connectivity index (χ1) is 9.27. The van der Waals surface area contributed by atoms with E-state index in [1.165, 1.54) is 13.8 Å². The predicted molar refractivity (Wildman–Crippen MR) is 70.6 cm³/mol. The van der Waals surface area contributed by atoms with Gasteiger partial charge in [-0.15, -0.1) is 0 Å². The van der Waals surface area contributed by atoms with Gasteiger partial charge in [-0.3, -0.25) is 5.32 Å². The molecule has 0 rings (SSSR count). The monoisotopic (exact) mass is 285 g/mol. The summed E-state index contributed by atoms with van der Waals surface area (Å²) in [5, 5.41) is 2.25. The van der Waals surface area contributed by atoms with E-state index in [1.54, 1.807) is 6.92 Å². The number of alkyl carbamates (subject to hydrolysis) is 1. The number of nitrogens with one attached hydrogen (secondary N) is 1. The number of amides is 1. The summed E-state index contributed by atoms with van der Waals surface area (Å²) in [7, 11) is 0. The fourth-order valence-electron chi connectivity index (χ4n) is 0.914. The number of ether oxygens (including phenoxy) is 3. The maximum absolute atomic E-state index is 11.4. The van der Waals surface area contributed by atoms with E-state index in [4.69, 9.17) is 9.47 Å². The molecule has 0 aliphatic carbocycles. The predicted octanol–water partition coefficient (Wildman–Crippen LogP) is 1.30. The average molecular weight is 285 g/mol. The van der Waals surface area contributed by atoms with Crippen LogP contribution in [-0.4, -0.2) is 37.5 Å². The Kier molecular flexibility index (Phi) is 7.72. The molecule has 1 amide bonds. The summed E-state index contributed by atoms with van der Waals surface area (Å²) in [6, 6.07) is 0. The Hall–Kier alpha value is -2.31. The zero-order chi connectivity index (χ0) is 15.7. The fourth-order valence-corrected chi connectivity index (χ4v) is 0.914. The Bertz CT molecular complexity index is 415. The molecule has 0 fully saturated rings. The minimum absolute atomic E-state index is 0.145. The van der Waals surface area contributed by atoms with Crippen molar-refractivity contribution in [2.75, 3.05) is 13.2 Å². The summed E-state index contributed by atoms with van der Waals surface area (Å²) >= 11 is 0. The topological polar surface area (TPSA) is 90.9 Å². The Morgan fingerprint density at radius 2 is 1.60 bits per heavy atom. The smallest absolute Gasteiger partial charge is 0.410 e. The summed E-state index contributed by atoms with van der Waals surface area (Å²) in [5.74, 6) is -1.38. The molecule has 0 radical (unpaired) electrons. The Morgan fingerprint density at radius 3 is 2.05 bits per heavy atom. The van der Waals surface area contributed by atoms with Gasteiger partial charge in [0.2, 0.25) is 6.23 Å². The number of rotatable bonds is 7. The highest BCUT2D eigenvalue weighted by molar-refractivity contribution is 5.88. The Labute approximate surface area is 117 Å². The Morgan fingerprint density at radius 1 is 1.05 bits per heavy atom. The summed E-state index contributed by atoms with van der Waals surface area (Å²) in [4.78, 5) is 33.9. The zero-order valence-corrected chi connectivity index (χ0v) is 11.9. The lowest BCUT2D eigenvalue weighted by atomic mass is 10.3. The molecule has 0 saturated heterocycles. The highest BCUT2D eigenvalue weighted by Gasteiger charge is 2.20. The van der Waals surface area contributed by atoms with Crippen LogP contribution in [-0.2, 0) is 23.8 Å². The average Bonchev–Trinajstić information content (AvgIpc) is 2.35. The van der Waals surface area contributed by atoms with E-state index < -0.39 is 24.3 Å². The molecule has 0 heterocycles. The van der Waals surface area contributed by atoms with E-state index in [1.807, 2.05) is 0 Å². The second-order valence-electron chi connectivity index (χ2n) is 3.92. The van der Waals surface area contributed by atoms with Crippen molar-refractivity contribution in [3.05, 3.63) is 24.3 Å². The molecule has 0 aliphatic rings. The van der Waals surface area contributed by atoms with Crippen LogP contribution >= 0.6 is 0 Å². The lowest BCUT2D eigenvalue weighted by Crippen LogP contribution is -2.42. The van der Waals surface area contributed by atoms with Gasteiger partial charge in [-0.05, 0) is 20.8 Å². The van der Waals surface area contributed by atoms with Crippen LogP contribution in [0.15, 0.2) is 24.3 Å². The van der Waals surface area contributed by atoms with Crippen molar-refractivity contribution in [3.8, 4) is 0 Å². The fraction of sp³-hybridized carbons (Fsp3) is 0.462. The van der Waals surface area contributed by atoms with Gasteiger partial charge < -0.3 is 14.2 Å². The second-order valence-corrected chi connectivity index (χ2v) is 3.92. The van der Waals surface area contributed by atoms with Crippen molar-refractivity contribution < 1.29 is 28.6 Å². The quantitative estimate of drug-likeness (QED) is 0.328. The minimum atomic E-state index is -1.17. The normalized spacial score (nSPS) is 10.9. The molecule has 0 aliphatic heterocycles. The van der Waals surface area contributed by atoms with Crippen LogP contribution in [0.5, 0.6) is 0 Å². The summed E-state index contributed by atoms with van der Waals surface area (Å²) < 4.78 is 14.4. The number of carbonyl (C=O) groups excluding carboxylic acids is 3. The maximum Gasteiger partial charge on any atom is 0.410 e.